The maximum Gasteiger partial charge on any atom is 0.264 e. The lowest BCUT2D eigenvalue weighted by molar-refractivity contribution is -0.0124. The molecule has 1 saturated heterocycles. The van der Waals surface area contributed by atoms with Crippen LogP contribution in [0.25, 0.3) is 0 Å². The van der Waals surface area contributed by atoms with E-state index in [1.807, 2.05) is 6.92 Å². The first-order chi connectivity index (χ1) is 14.8. The molecular weight excluding hydrogens is 440 g/mol. The molecule has 7 nitrogen and oxygen atoms in total. The fourth-order valence-corrected chi connectivity index (χ4v) is 5.00. The van der Waals surface area contributed by atoms with E-state index in [1.165, 1.54) is 35.7 Å². The lowest BCUT2D eigenvalue weighted by atomic mass is 10.1. The van der Waals surface area contributed by atoms with Crippen LogP contribution in [0, 0.1) is 0 Å². The molecule has 0 saturated carbocycles. The van der Waals surface area contributed by atoms with E-state index < -0.39 is 10.0 Å². The number of benzene rings is 2. The molecule has 1 aliphatic rings. The summed E-state index contributed by atoms with van der Waals surface area (Å²) in [5.41, 5.74) is 0.593. The van der Waals surface area contributed by atoms with Crippen LogP contribution in [0.3, 0.4) is 0 Å². The molecule has 1 atom stereocenters. The molecule has 0 radical (unpaired) electrons. The number of morpholine rings is 1. The number of amides is 1. The summed E-state index contributed by atoms with van der Waals surface area (Å²) in [5, 5.41) is 0.197. The number of nitrogens with zero attached hydrogens (tertiary/aromatic N) is 2. The first kappa shape index (κ1) is 23.1. The number of ether oxygens (including phenoxy) is 2. The van der Waals surface area contributed by atoms with E-state index in [0.29, 0.717) is 31.1 Å². The SMILES string of the molecule is C=CCN(c1ccc(OC)cc1)S(=O)(=O)c1ccc(Cl)c(C(=O)N2CCOC(C)C2)c1. The number of methoxy groups -OCH3 is 1. The van der Waals surface area contributed by atoms with Gasteiger partial charge in [0.1, 0.15) is 5.75 Å². The second-order valence-corrected chi connectivity index (χ2v) is 9.37. The van der Waals surface area contributed by atoms with Gasteiger partial charge in [-0.1, -0.05) is 17.7 Å². The number of halogens is 1. The summed E-state index contributed by atoms with van der Waals surface area (Å²) < 4.78 is 38.7. The fourth-order valence-electron chi connectivity index (χ4n) is 3.34. The Balaban J connectivity index is 1.98. The second kappa shape index (κ2) is 9.72. The second-order valence-electron chi connectivity index (χ2n) is 7.10. The predicted octanol–water partition coefficient (Wildman–Crippen LogP) is 3.59. The van der Waals surface area contributed by atoms with Gasteiger partial charge in [0.2, 0.25) is 0 Å². The van der Waals surface area contributed by atoms with Crippen molar-refractivity contribution in [3.05, 3.63) is 65.7 Å². The van der Waals surface area contributed by atoms with Crippen LogP contribution < -0.4 is 9.04 Å². The summed E-state index contributed by atoms with van der Waals surface area (Å²) in [7, 11) is -2.45. The fraction of sp³-hybridized carbons (Fsp3) is 0.318. The number of anilines is 1. The average molecular weight is 465 g/mol. The minimum atomic E-state index is -3.98. The zero-order chi connectivity index (χ0) is 22.6. The predicted molar refractivity (Wildman–Crippen MR) is 120 cm³/mol. The van der Waals surface area contributed by atoms with Gasteiger partial charge in [-0.05, 0) is 49.4 Å². The van der Waals surface area contributed by atoms with Gasteiger partial charge in [-0.15, -0.1) is 6.58 Å². The molecule has 2 aromatic carbocycles. The summed E-state index contributed by atoms with van der Waals surface area (Å²) in [6.07, 6.45) is 1.40. The molecule has 3 rings (SSSR count). The van der Waals surface area contributed by atoms with E-state index in [0.717, 1.165) is 0 Å². The molecule has 1 amide bonds. The molecule has 9 heteroatoms. The number of carbonyl (C=O) groups excluding carboxylic acids is 1. The zero-order valence-corrected chi connectivity index (χ0v) is 19.0. The van der Waals surface area contributed by atoms with Crippen LogP contribution in [0.15, 0.2) is 60.0 Å². The molecule has 0 N–H and O–H groups in total. The van der Waals surface area contributed by atoms with Gasteiger partial charge < -0.3 is 14.4 Å². The lowest BCUT2D eigenvalue weighted by Gasteiger charge is -2.31. The quantitative estimate of drug-likeness (QED) is 0.585. The molecule has 1 fully saturated rings. The molecule has 0 bridgehead atoms. The van der Waals surface area contributed by atoms with Gasteiger partial charge >= 0.3 is 0 Å². The first-order valence-electron chi connectivity index (χ1n) is 9.76. The highest BCUT2D eigenvalue weighted by atomic mass is 35.5. The van der Waals surface area contributed by atoms with Crippen molar-refractivity contribution in [2.45, 2.75) is 17.9 Å². The number of hydrogen-bond acceptors (Lipinski definition) is 5. The van der Waals surface area contributed by atoms with E-state index in [4.69, 9.17) is 21.1 Å². The van der Waals surface area contributed by atoms with Gasteiger partial charge in [-0.3, -0.25) is 9.10 Å². The van der Waals surface area contributed by atoms with Gasteiger partial charge in [-0.2, -0.15) is 0 Å². The number of hydrogen-bond donors (Lipinski definition) is 0. The van der Waals surface area contributed by atoms with E-state index in [2.05, 4.69) is 6.58 Å². The van der Waals surface area contributed by atoms with Crippen molar-refractivity contribution in [2.24, 2.45) is 0 Å². The van der Waals surface area contributed by atoms with Crippen LogP contribution in [-0.4, -0.2) is 58.7 Å². The van der Waals surface area contributed by atoms with E-state index in [1.54, 1.807) is 29.2 Å². The Bertz CT molecular complexity index is 1060. The number of carbonyl (C=O) groups is 1. The molecule has 166 valence electrons. The Hall–Kier alpha value is -2.55. The van der Waals surface area contributed by atoms with E-state index in [9.17, 15) is 13.2 Å². The molecule has 0 spiro atoms. The van der Waals surface area contributed by atoms with Crippen LogP contribution in [0.1, 0.15) is 17.3 Å². The molecule has 2 aromatic rings. The third kappa shape index (κ3) is 5.03. The van der Waals surface area contributed by atoms with Gasteiger partial charge in [-0.25, -0.2) is 8.42 Å². The Morgan fingerprint density at radius 2 is 2.03 bits per heavy atom. The largest absolute Gasteiger partial charge is 0.497 e. The van der Waals surface area contributed by atoms with Crippen LogP contribution >= 0.6 is 11.6 Å². The highest BCUT2D eigenvalue weighted by molar-refractivity contribution is 7.92. The maximum absolute atomic E-state index is 13.5. The summed E-state index contributed by atoms with van der Waals surface area (Å²) in [6.45, 7) is 6.87. The van der Waals surface area contributed by atoms with Crippen molar-refractivity contribution in [2.75, 3.05) is 37.7 Å². The van der Waals surface area contributed by atoms with Crippen molar-refractivity contribution in [1.29, 1.82) is 0 Å². The normalized spacial score (nSPS) is 16.6. The highest BCUT2D eigenvalue weighted by Gasteiger charge is 2.28. The van der Waals surface area contributed by atoms with Gasteiger partial charge in [0.25, 0.3) is 15.9 Å². The number of sulfonamides is 1. The van der Waals surface area contributed by atoms with Crippen molar-refractivity contribution in [3.63, 3.8) is 0 Å². The van der Waals surface area contributed by atoms with Gasteiger partial charge in [0.15, 0.2) is 0 Å². The monoisotopic (exact) mass is 464 g/mol. The minimum Gasteiger partial charge on any atom is -0.497 e. The summed E-state index contributed by atoms with van der Waals surface area (Å²) in [6, 6.07) is 10.8. The molecule has 0 aliphatic carbocycles. The third-order valence-corrected chi connectivity index (χ3v) is 7.06. The topological polar surface area (TPSA) is 76.2 Å². The first-order valence-corrected chi connectivity index (χ1v) is 11.6. The van der Waals surface area contributed by atoms with Crippen molar-refractivity contribution in [3.8, 4) is 5.75 Å². The van der Waals surface area contributed by atoms with Crippen molar-refractivity contribution >= 4 is 33.2 Å². The Kier molecular flexibility index (Phi) is 7.25. The third-order valence-electron chi connectivity index (χ3n) is 4.94. The molecule has 1 heterocycles. The Morgan fingerprint density at radius 1 is 1.32 bits per heavy atom. The standard InChI is InChI=1S/C22H25ClN2O5S/c1-4-11-25(17-5-7-18(29-3)8-6-17)31(27,28)19-9-10-21(23)20(14-19)22(26)24-12-13-30-16(2)15-24/h4-10,14,16H,1,11-13,15H2,2-3H3. The lowest BCUT2D eigenvalue weighted by Crippen LogP contribution is -2.44. The molecule has 31 heavy (non-hydrogen) atoms. The molecule has 1 unspecified atom stereocenters. The van der Waals surface area contributed by atoms with Crippen molar-refractivity contribution < 1.29 is 22.7 Å². The van der Waals surface area contributed by atoms with Crippen LogP contribution in [0.5, 0.6) is 5.75 Å². The maximum atomic E-state index is 13.5. The van der Waals surface area contributed by atoms with Crippen LogP contribution in [0.4, 0.5) is 5.69 Å². The van der Waals surface area contributed by atoms with E-state index in [-0.39, 0.29) is 34.0 Å². The highest BCUT2D eigenvalue weighted by Crippen LogP contribution is 2.29. The summed E-state index contributed by atoms with van der Waals surface area (Å²) in [5.74, 6) is 0.288. The zero-order valence-electron chi connectivity index (χ0n) is 17.5. The summed E-state index contributed by atoms with van der Waals surface area (Å²) >= 11 is 6.27. The Morgan fingerprint density at radius 3 is 2.65 bits per heavy atom. The van der Waals surface area contributed by atoms with E-state index >= 15 is 0 Å². The smallest absolute Gasteiger partial charge is 0.264 e. The average Bonchev–Trinajstić information content (AvgIpc) is 2.77. The summed E-state index contributed by atoms with van der Waals surface area (Å²) in [4.78, 5) is 14.6. The van der Waals surface area contributed by atoms with Crippen LogP contribution in [-0.2, 0) is 14.8 Å². The molecule has 0 aromatic heterocycles. The van der Waals surface area contributed by atoms with Gasteiger partial charge in [0, 0.05) is 13.1 Å². The minimum absolute atomic E-state index is 0.0285. The van der Waals surface area contributed by atoms with Crippen molar-refractivity contribution in [1.82, 2.24) is 4.90 Å². The molecule has 1 aliphatic heterocycles. The molecular formula is C22H25ClN2O5S. The van der Waals surface area contributed by atoms with Crippen LogP contribution in [0.2, 0.25) is 5.02 Å². The Labute approximate surface area is 187 Å². The van der Waals surface area contributed by atoms with Gasteiger partial charge in [0.05, 0.1) is 47.5 Å². The number of rotatable bonds is 7.